The van der Waals surface area contributed by atoms with Crippen molar-refractivity contribution in [3.8, 4) is 5.75 Å². The van der Waals surface area contributed by atoms with E-state index in [4.69, 9.17) is 4.74 Å². The maximum absolute atomic E-state index is 12.3. The fraction of sp³-hybridized carbons (Fsp3) is 0.267. The number of carbonyl (C=O) groups is 1. The molecule has 2 aliphatic rings. The number of aliphatic hydroxyl groups excluding tert-OH is 2. The van der Waals surface area contributed by atoms with Crippen molar-refractivity contribution in [2.75, 3.05) is 0 Å². The van der Waals surface area contributed by atoms with Gasteiger partial charge in [0.1, 0.15) is 23.2 Å². The third-order valence-electron chi connectivity index (χ3n) is 3.74. The molecular formula is C15H14O7. The fourth-order valence-electron chi connectivity index (χ4n) is 2.64. The van der Waals surface area contributed by atoms with E-state index in [1.54, 1.807) is 0 Å². The summed E-state index contributed by atoms with van der Waals surface area (Å²) in [5.74, 6) is -5.52. The Hall–Kier alpha value is -2.35. The minimum atomic E-state index is -2.85. The van der Waals surface area contributed by atoms with Gasteiger partial charge in [-0.2, -0.15) is 0 Å². The molecule has 7 nitrogen and oxygen atoms in total. The highest BCUT2D eigenvalue weighted by Gasteiger charge is 2.56. The Morgan fingerprint density at radius 1 is 1.09 bits per heavy atom. The summed E-state index contributed by atoms with van der Waals surface area (Å²) in [6.45, 7) is 0. The predicted octanol–water partition coefficient (Wildman–Crippen LogP) is 0.0300. The van der Waals surface area contributed by atoms with Gasteiger partial charge in [0.25, 0.3) is 5.79 Å². The number of carbonyl (C=O) groups excluding carboxylic acids is 1. The number of allylic oxidation sites excluding steroid dienone is 1. The first-order valence-electron chi connectivity index (χ1n) is 6.56. The average molecular weight is 306 g/mol. The van der Waals surface area contributed by atoms with Gasteiger partial charge in [-0.15, -0.1) is 0 Å². The Bertz CT molecular complexity index is 672. The molecule has 3 atom stereocenters. The molecule has 22 heavy (non-hydrogen) atoms. The smallest absolute Gasteiger partial charge is 0.267 e. The number of ether oxygens (including phenoxy) is 1. The van der Waals surface area contributed by atoms with E-state index in [0.29, 0.717) is 0 Å². The quantitative estimate of drug-likeness (QED) is 0.463. The van der Waals surface area contributed by atoms with Crippen molar-refractivity contribution in [1.29, 1.82) is 0 Å². The summed E-state index contributed by atoms with van der Waals surface area (Å²) in [4.78, 5) is 12.3. The standard InChI is InChI=1S/C15H14O7/c16-8-3-1-7(2-4-8)14-15(20,21)13(19)12-10(18)5-9(17)6-11(12)22-14/h1-6,10,12,14,16-18,20-21H. The maximum atomic E-state index is 12.3. The van der Waals surface area contributed by atoms with Crippen molar-refractivity contribution in [3.63, 3.8) is 0 Å². The topological polar surface area (TPSA) is 127 Å². The normalized spacial score (nSPS) is 30.0. The van der Waals surface area contributed by atoms with Crippen LogP contribution >= 0.6 is 0 Å². The van der Waals surface area contributed by atoms with Crippen molar-refractivity contribution in [2.24, 2.45) is 5.92 Å². The molecule has 5 N–H and O–H groups in total. The second-order valence-corrected chi connectivity index (χ2v) is 5.29. The van der Waals surface area contributed by atoms with Crippen LogP contribution in [0, 0.1) is 5.92 Å². The molecule has 116 valence electrons. The molecule has 0 amide bonds. The first-order valence-corrected chi connectivity index (χ1v) is 6.56. The monoisotopic (exact) mass is 306 g/mol. The van der Waals surface area contributed by atoms with Gasteiger partial charge in [0.15, 0.2) is 6.10 Å². The minimum absolute atomic E-state index is 0.0295. The minimum Gasteiger partial charge on any atom is -0.508 e. The van der Waals surface area contributed by atoms with E-state index in [9.17, 15) is 30.3 Å². The molecule has 1 aliphatic heterocycles. The lowest BCUT2D eigenvalue weighted by Crippen LogP contribution is -2.55. The molecule has 0 spiro atoms. The van der Waals surface area contributed by atoms with Crippen LogP contribution < -0.4 is 0 Å². The number of fused-ring (bicyclic) bond motifs is 1. The summed E-state index contributed by atoms with van der Waals surface area (Å²) < 4.78 is 5.44. The molecule has 1 aliphatic carbocycles. The van der Waals surface area contributed by atoms with E-state index in [2.05, 4.69) is 0 Å². The highest BCUT2D eigenvalue weighted by Crippen LogP contribution is 2.43. The zero-order chi connectivity index (χ0) is 16.1. The van der Waals surface area contributed by atoms with Crippen LogP contribution in [0.2, 0.25) is 0 Å². The lowest BCUT2D eigenvalue weighted by Gasteiger charge is -2.41. The molecule has 1 heterocycles. The second-order valence-electron chi connectivity index (χ2n) is 5.29. The van der Waals surface area contributed by atoms with Crippen LogP contribution in [0.5, 0.6) is 5.75 Å². The lowest BCUT2D eigenvalue weighted by atomic mass is 9.80. The molecule has 3 rings (SSSR count). The summed E-state index contributed by atoms with van der Waals surface area (Å²) in [5.41, 5.74) is 0.249. The number of rotatable bonds is 1. The van der Waals surface area contributed by atoms with Gasteiger partial charge >= 0.3 is 0 Å². The molecule has 1 saturated heterocycles. The van der Waals surface area contributed by atoms with E-state index in [1.807, 2.05) is 0 Å². The summed E-state index contributed by atoms with van der Waals surface area (Å²) in [6.07, 6.45) is -0.683. The number of Topliss-reactive ketones (excluding diaryl/α,β-unsaturated/α-hetero) is 1. The third-order valence-corrected chi connectivity index (χ3v) is 3.74. The van der Waals surface area contributed by atoms with Crippen LogP contribution in [0.15, 0.2) is 47.9 Å². The summed E-state index contributed by atoms with van der Waals surface area (Å²) in [5, 5.41) is 48.9. The van der Waals surface area contributed by atoms with Gasteiger partial charge in [-0.1, -0.05) is 12.1 Å². The number of aliphatic hydroxyl groups is 4. The van der Waals surface area contributed by atoms with E-state index in [1.165, 1.54) is 24.3 Å². The zero-order valence-electron chi connectivity index (χ0n) is 11.2. The van der Waals surface area contributed by atoms with Gasteiger partial charge in [-0.05, 0) is 23.8 Å². The van der Waals surface area contributed by atoms with Gasteiger partial charge in [0.05, 0.1) is 6.10 Å². The number of ketones is 1. The van der Waals surface area contributed by atoms with E-state index >= 15 is 0 Å². The van der Waals surface area contributed by atoms with Gasteiger partial charge in [0.2, 0.25) is 5.78 Å². The molecule has 7 heteroatoms. The second kappa shape index (κ2) is 4.84. The first-order chi connectivity index (χ1) is 10.3. The lowest BCUT2D eigenvalue weighted by molar-refractivity contribution is -0.245. The molecule has 1 aromatic carbocycles. The van der Waals surface area contributed by atoms with Gasteiger partial charge in [0, 0.05) is 6.08 Å². The Kier molecular flexibility index (Phi) is 3.21. The summed E-state index contributed by atoms with van der Waals surface area (Å²) in [7, 11) is 0. The number of aromatic hydroxyl groups is 1. The van der Waals surface area contributed by atoms with Crippen LogP contribution in [0.4, 0.5) is 0 Å². The van der Waals surface area contributed by atoms with Crippen LogP contribution in [-0.4, -0.2) is 43.2 Å². The molecule has 0 bridgehead atoms. The van der Waals surface area contributed by atoms with E-state index in [0.717, 1.165) is 12.2 Å². The summed E-state index contributed by atoms with van der Waals surface area (Å²) in [6, 6.07) is 5.38. The molecule has 1 aromatic rings. The number of phenols is 1. The van der Waals surface area contributed by atoms with Crippen molar-refractivity contribution < 1.29 is 35.1 Å². The Morgan fingerprint density at radius 2 is 1.73 bits per heavy atom. The largest absolute Gasteiger partial charge is 0.508 e. The van der Waals surface area contributed by atoms with Gasteiger partial charge in [-0.25, -0.2) is 0 Å². The van der Waals surface area contributed by atoms with Crippen LogP contribution in [0.3, 0.4) is 0 Å². The molecule has 0 saturated carbocycles. The Balaban J connectivity index is 2.04. The predicted molar refractivity (Wildman–Crippen MR) is 72.4 cm³/mol. The Morgan fingerprint density at radius 3 is 2.36 bits per heavy atom. The highest BCUT2D eigenvalue weighted by molar-refractivity contribution is 5.92. The van der Waals surface area contributed by atoms with Crippen LogP contribution in [-0.2, 0) is 9.53 Å². The van der Waals surface area contributed by atoms with Gasteiger partial charge in [-0.3, -0.25) is 4.79 Å². The number of benzene rings is 1. The molecule has 1 fully saturated rings. The number of hydrogen-bond donors (Lipinski definition) is 5. The van der Waals surface area contributed by atoms with Gasteiger partial charge < -0.3 is 30.3 Å². The highest BCUT2D eigenvalue weighted by atomic mass is 16.6. The van der Waals surface area contributed by atoms with Crippen LogP contribution in [0.25, 0.3) is 0 Å². The molecule has 0 radical (unpaired) electrons. The van der Waals surface area contributed by atoms with Crippen molar-refractivity contribution in [3.05, 3.63) is 53.5 Å². The number of hydrogen-bond acceptors (Lipinski definition) is 7. The fourth-order valence-corrected chi connectivity index (χ4v) is 2.64. The van der Waals surface area contributed by atoms with Crippen molar-refractivity contribution in [1.82, 2.24) is 0 Å². The number of phenolic OH excluding ortho intramolecular Hbond substituents is 1. The SMILES string of the molecule is O=C1C2C(=CC(O)=CC2O)OC(c2ccc(O)cc2)C1(O)O. The molecule has 0 aromatic heterocycles. The maximum Gasteiger partial charge on any atom is 0.267 e. The zero-order valence-corrected chi connectivity index (χ0v) is 11.2. The van der Waals surface area contributed by atoms with Crippen molar-refractivity contribution >= 4 is 5.78 Å². The molecular weight excluding hydrogens is 292 g/mol. The van der Waals surface area contributed by atoms with Crippen molar-refractivity contribution in [2.45, 2.75) is 18.0 Å². The van der Waals surface area contributed by atoms with E-state index in [-0.39, 0.29) is 22.8 Å². The Labute approximate surface area is 125 Å². The van der Waals surface area contributed by atoms with Crippen LogP contribution in [0.1, 0.15) is 11.7 Å². The summed E-state index contributed by atoms with van der Waals surface area (Å²) >= 11 is 0. The first kappa shape index (κ1) is 14.6. The third kappa shape index (κ3) is 2.16. The van der Waals surface area contributed by atoms with E-state index < -0.39 is 29.7 Å². The molecule has 3 unspecified atom stereocenters. The average Bonchev–Trinajstić information content (AvgIpc) is 2.43.